The molecule has 2 rings (SSSR count). The summed E-state index contributed by atoms with van der Waals surface area (Å²) < 4.78 is 14.2. The Morgan fingerprint density at radius 2 is 1.75 bits per heavy atom. The smallest absolute Gasteiger partial charge is 0.128 e. The minimum absolute atomic E-state index is 0.0912. The summed E-state index contributed by atoms with van der Waals surface area (Å²) in [6.07, 6.45) is 1.02. The van der Waals surface area contributed by atoms with Gasteiger partial charge >= 0.3 is 0 Å². The van der Waals surface area contributed by atoms with Gasteiger partial charge in [-0.2, -0.15) is 0 Å². The number of nitrogens with one attached hydrogen (secondary N) is 1. The van der Waals surface area contributed by atoms with Gasteiger partial charge in [0.2, 0.25) is 0 Å². The fourth-order valence-electron chi connectivity index (χ4n) is 2.42. The fraction of sp³-hybridized carbons (Fsp3) is 0.333. The SMILES string of the molecule is CCNC(c1ccc(CC)cc1)c1ccc(C)cc1F. The lowest BCUT2D eigenvalue weighted by Gasteiger charge is -2.20. The summed E-state index contributed by atoms with van der Waals surface area (Å²) in [5, 5.41) is 3.37. The van der Waals surface area contributed by atoms with E-state index in [0.29, 0.717) is 5.56 Å². The summed E-state index contributed by atoms with van der Waals surface area (Å²) in [7, 11) is 0. The third-order valence-corrected chi connectivity index (χ3v) is 3.60. The zero-order chi connectivity index (χ0) is 14.5. The van der Waals surface area contributed by atoms with Crippen LogP contribution in [-0.2, 0) is 6.42 Å². The van der Waals surface area contributed by atoms with Crippen LogP contribution in [0.4, 0.5) is 4.39 Å². The van der Waals surface area contributed by atoms with Crippen molar-refractivity contribution in [2.45, 2.75) is 33.2 Å². The molecule has 0 aromatic heterocycles. The summed E-state index contributed by atoms with van der Waals surface area (Å²) in [5.74, 6) is -0.143. The second-order valence-electron chi connectivity index (χ2n) is 5.11. The molecule has 2 heteroatoms. The first-order valence-electron chi connectivity index (χ1n) is 7.24. The molecule has 1 nitrogen and oxygen atoms in total. The maximum atomic E-state index is 14.2. The molecule has 2 aromatic rings. The van der Waals surface area contributed by atoms with Crippen molar-refractivity contribution >= 4 is 0 Å². The van der Waals surface area contributed by atoms with Crippen molar-refractivity contribution in [3.8, 4) is 0 Å². The van der Waals surface area contributed by atoms with E-state index in [1.807, 2.05) is 26.0 Å². The molecule has 1 unspecified atom stereocenters. The first kappa shape index (κ1) is 14.7. The Morgan fingerprint density at radius 1 is 1.05 bits per heavy atom. The van der Waals surface area contributed by atoms with Crippen molar-refractivity contribution in [2.75, 3.05) is 6.54 Å². The molecule has 0 heterocycles. The topological polar surface area (TPSA) is 12.0 Å². The molecule has 0 radical (unpaired) electrons. The molecule has 0 aliphatic rings. The van der Waals surface area contributed by atoms with Crippen molar-refractivity contribution < 1.29 is 4.39 Å². The zero-order valence-corrected chi connectivity index (χ0v) is 12.4. The predicted octanol–water partition coefficient (Wildman–Crippen LogP) is 4.40. The number of hydrogen-bond donors (Lipinski definition) is 1. The molecule has 1 N–H and O–H groups in total. The Labute approximate surface area is 120 Å². The van der Waals surface area contributed by atoms with Gasteiger partial charge in [-0.1, -0.05) is 50.2 Å². The molecular formula is C18H22FN. The standard InChI is InChI=1S/C18H22FN/c1-4-14-7-9-15(10-8-14)18(20-5-2)16-11-6-13(3)12-17(16)19/h6-12,18,20H,4-5H2,1-3H3. The number of aryl methyl sites for hydroxylation is 2. The predicted molar refractivity (Wildman–Crippen MR) is 82.5 cm³/mol. The monoisotopic (exact) mass is 271 g/mol. The van der Waals surface area contributed by atoms with Gasteiger partial charge in [0.1, 0.15) is 5.82 Å². The Balaban J connectivity index is 2.38. The molecule has 0 spiro atoms. The van der Waals surface area contributed by atoms with Crippen LogP contribution in [-0.4, -0.2) is 6.54 Å². The van der Waals surface area contributed by atoms with E-state index in [1.165, 1.54) is 5.56 Å². The molecule has 106 valence electrons. The summed E-state index contributed by atoms with van der Waals surface area (Å²) in [4.78, 5) is 0. The minimum Gasteiger partial charge on any atom is -0.306 e. The average Bonchev–Trinajstić information content (AvgIpc) is 2.46. The Kier molecular flexibility index (Phi) is 4.91. The maximum absolute atomic E-state index is 14.2. The second kappa shape index (κ2) is 6.67. The number of benzene rings is 2. The van der Waals surface area contributed by atoms with Gasteiger partial charge in [0.25, 0.3) is 0 Å². The molecule has 0 amide bonds. The van der Waals surface area contributed by atoms with Gasteiger partial charge in [-0.25, -0.2) is 4.39 Å². The van der Waals surface area contributed by atoms with Crippen LogP contribution in [0.1, 0.15) is 42.1 Å². The lowest BCUT2D eigenvalue weighted by molar-refractivity contribution is 0.558. The molecule has 0 saturated carbocycles. The summed E-state index contributed by atoms with van der Waals surface area (Å²) in [6.45, 7) is 6.88. The fourth-order valence-corrected chi connectivity index (χ4v) is 2.42. The minimum atomic E-state index is -0.143. The van der Waals surface area contributed by atoms with Gasteiger partial charge in [-0.15, -0.1) is 0 Å². The van der Waals surface area contributed by atoms with Gasteiger partial charge in [0, 0.05) is 5.56 Å². The van der Waals surface area contributed by atoms with E-state index >= 15 is 0 Å². The number of hydrogen-bond acceptors (Lipinski definition) is 1. The maximum Gasteiger partial charge on any atom is 0.128 e. The zero-order valence-electron chi connectivity index (χ0n) is 12.4. The van der Waals surface area contributed by atoms with Crippen LogP contribution < -0.4 is 5.32 Å². The van der Waals surface area contributed by atoms with Crippen molar-refractivity contribution in [1.29, 1.82) is 0 Å². The van der Waals surface area contributed by atoms with Crippen LogP contribution in [0.25, 0.3) is 0 Å². The van der Waals surface area contributed by atoms with Crippen LogP contribution in [0.3, 0.4) is 0 Å². The molecule has 0 bridgehead atoms. The summed E-state index contributed by atoms with van der Waals surface area (Å²) in [5.41, 5.74) is 4.06. The lowest BCUT2D eigenvalue weighted by Crippen LogP contribution is -2.23. The number of halogens is 1. The van der Waals surface area contributed by atoms with Crippen LogP contribution >= 0.6 is 0 Å². The Morgan fingerprint density at radius 3 is 2.30 bits per heavy atom. The quantitative estimate of drug-likeness (QED) is 0.850. The van der Waals surface area contributed by atoms with Gasteiger partial charge in [-0.05, 0) is 42.6 Å². The van der Waals surface area contributed by atoms with E-state index in [2.05, 4.69) is 36.5 Å². The molecule has 1 atom stereocenters. The third-order valence-electron chi connectivity index (χ3n) is 3.60. The third kappa shape index (κ3) is 3.26. The van der Waals surface area contributed by atoms with E-state index < -0.39 is 0 Å². The normalized spacial score (nSPS) is 12.4. The van der Waals surface area contributed by atoms with Crippen LogP contribution in [0.15, 0.2) is 42.5 Å². The second-order valence-corrected chi connectivity index (χ2v) is 5.11. The van der Waals surface area contributed by atoms with Gasteiger partial charge in [0.15, 0.2) is 0 Å². The highest BCUT2D eigenvalue weighted by molar-refractivity contribution is 5.35. The molecule has 2 aromatic carbocycles. The van der Waals surface area contributed by atoms with E-state index in [0.717, 1.165) is 24.1 Å². The van der Waals surface area contributed by atoms with E-state index in [9.17, 15) is 4.39 Å². The van der Waals surface area contributed by atoms with Crippen molar-refractivity contribution in [3.05, 3.63) is 70.5 Å². The van der Waals surface area contributed by atoms with Crippen LogP contribution in [0, 0.1) is 12.7 Å². The Bertz CT molecular complexity index is 560. The van der Waals surface area contributed by atoms with Crippen molar-refractivity contribution in [3.63, 3.8) is 0 Å². The average molecular weight is 271 g/mol. The summed E-state index contributed by atoms with van der Waals surface area (Å²) >= 11 is 0. The highest BCUT2D eigenvalue weighted by atomic mass is 19.1. The Hall–Kier alpha value is -1.67. The lowest BCUT2D eigenvalue weighted by atomic mass is 9.96. The molecule has 0 aliphatic carbocycles. The van der Waals surface area contributed by atoms with Crippen molar-refractivity contribution in [1.82, 2.24) is 5.32 Å². The van der Waals surface area contributed by atoms with E-state index in [4.69, 9.17) is 0 Å². The highest BCUT2D eigenvalue weighted by Crippen LogP contribution is 2.25. The van der Waals surface area contributed by atoms with E-state index in [-0.39, 0.29) is 11.9 Å². The van der Waals surface area contributed by atoms with Crippen molar-refractivity contribution in [2.24, 2.45) is 0 Å². The summed E-state index contributed by atoms with van der Waals surface area (Å²) in [6, 6.07) is 13.8. The van der Waals surface area contributed by atoms with Crippen LogP contribution in [0.2, 0.25) is 0 Å². The van der Waals surface area contributed by atoms with Gasteiger partial charge in [0.05, 0.1) is 6.04 Å². The number of rotatable bonds is 5. The molecule has 0 aliphatic heterocycles. The van der Waals surface area contributed by atoms with E-state index in [1.54, 1.807) is 6.07 Å². The van der Waals surface area contributed by atoms with Gasteiger partial charge in [-0.3, -0.25) is 0 Å². The molecule has 20 heavy (non-hydrogen) atoms. The van der Waals surface area contributed by atoms with Gasteiger partial charge < -0.3 is 5.32 Å². The van der Waals surface area contributed by atoms with Crippen LogP contribution in [0.5, 0.6) is 0 Å². The largest absolute Gasteiger partial charge is 0.306 e. The first-order chi connectivity index (χ1) is 9.65. The molecule has 0 fully saturated rings. The molecular weight excluding hydrogens is 249 g/mol. The molecule has 0 saturated heterocycles. The highest BCUT2D eigenvalue weighted by Gasteiger charge is 2.16. The first-order valence-corrected chi connectivity index (χ1v) is 7.24.